The number of esters is 1. The Hall–Kier alpha value is -2.51. The van der Waals surface area contributed by atoms with Crippen LogP contribution in [0.2, 0.25) is 0 Å². The molecule has 0 unspecified atom stereocenters. The van der Waals surface area contributed by atoms with Crippen LogP contribution in [0.4, 0.5) is 0 Å². The number of likely N-dealkylation sites (tertiary alicyclic amines) is 1. The molecular formula is C21H23N2O4S+. The number of amides is 2. The molecule has 28 heavy (non-hydrogen) atoms. The number of fused-ring (bicyclic) bond motifs is 1. The third-order valence-electron chi connectivity index (χ3n) is 5.95. The maximum absolute atomic E-state index is 13.3. The van der Waals surface area contributed by atoms with Gasteiger partial charge >= 0.3 is 5.97 Å². The summed E-state index contributed by atoms with van der Waals surface area (Å²) in [5.41, 5.74) is -0.226. The molecule has 0 spiro atoms. The van der Waals surface area contributed by atoms with E-state index in [4.69, 9.17) is 4.74 Å². The van der Waals surface area contributed by atoms with E-state index < -0.39 is 23.3 Å². The van der Waals surface area contributed by atoms with Crippen LogP contribution < -0.4 is 5.32 Å². The molecule has 0 radical (unpaired) electrons. The van der Waals surface area contributed by atoms with Gasteiger partial charge in [-0.1, -0.05) is 36.4 Å². The van der Waals surface area contributed by atoms with E-state index in [-0.39, 0.29) is 17.9 Å². The fraction of sp³-hybridized carbons (Fsp3) is 0.381. The molecule has 2 amide bonds. The Morgan fingerprint density at radius 3 is 2.54 bits per heavy atom. The lowest BCUT2D eigenvalue weighted by Gasteiger charge is -2.29. The first-order valence-corrected chi connectivity index (χ1v) is 10.3. The van der Waals surface area contributed by atoms with Crippen molar-refractivity contribution in [3.63, 3.8) is 0 Å². The van der Waals surface area contributed by atoms with Crippen LogP contribution in [0.15, 0.2) is 47.8 Å². The first-order chi connectivity index (χ1) is 13.5. The summed E-state index contributed by atoms with van der Waals surface area (Å²) in [4.78, 5) is 41.8. The Labute approximate surface area is 167 Å². The molecule has 0 aliphatic carbocycles. The van der Waals surface area contributed by atoms with Crippen LogP contribution in [0.5, 0.6) is 0 Å². The monoisotopic (exact) mass is 399 g/mol. The Balaban J connectivity index is 1.86. The number of nitrogens with zero attached hydrogens (tertiary/aromatic N) is 1. The van der Waals surface area contributed by atoms with Gasteiger partial charge in [0.25, 0.3) is 0 Å². The minimum atomic E-state index is -1.16. The summed E-state index contributed by atoms with van der Waals surface area (Å²) in [6.07, 6.45) is 0.333. The van der Waals surface area contributed by atoms with Crippen LogP contribution >= 0.6 is 11.3 Å². The number of imide groups is 1. The lowest BCUT2D eigenvalue weighted by atomic mass is 9.76. The van der Waals surface area contributed by atoms with E-state index in [1.165, 1.54) is 12.0 Å². The molecule has 0 bridgehead atoms. The highest BCUT2D eigenvalue weighted by atomic mass is 32.1. The van der Waals surface area contributed by atoms with Crippen LogP contribution in [-0.2, 0) is 25.5 Å². The van der Waals surface area contributed by atoms with Crippen LogP contribution in [-0.4, -0.2) is 41.9 Å². The number of carbonyl (C=O) groups is 3. The lowest BCUT2D eigenvalue weighted by molar-refractivity contribution is -0.733. The van der Waals surface area contributed by atoms with Gasteiger partial charge in [0.05, 0.1) is 12.0 Å². The van der Waals surface area contributed by atoms with E-state index in [1.54, 1.807) is 18.3 Å². The molecule has 2 saturated heterocycles. The molecule has 146 valence electrons. The number of quaternary nitrogens is 1. The van der Waals surface area contributed by atoms with Gasteiger partial charge in [-0.15, -0.1) is 11.3 Å². The fourth-order valence-corrected chi connectivity index (χ4v) is 5.64. The quantitative estimate of drug-likeness (QED) is 0.604. The van der Waals surface area contributed by atoms with Crippen LogP contribution in [0.1, 0.15) is 23.4 Å². The molecule has 2 N–H and O–H groups in total. The van der Waals surface area contributed by atoms with E-state index in [0.717, 1.165) is 10.4 Å². The summed E-state index contributed by atoms with van der Waals surface area (Å²) < 4.78 is 5.19. The Kier molecular flexibility index (Phi) is 4.81. The van der Waals surface area contributed by atoms with Crippen LogP contribution in [0.3, 0.4) is 0 Å². The number of nitrogens with two attached hydrogens (primary N) is 1. The second kappa shape index (κ2) is 7.14. The average molecular weight is 399 g/mol. The highest BCUT2D eigenvalue weighted by Crippen LogP contribution is 2.46. The summed E-state index contributed by atoms with van der Waals surface area (Å²) in [7, 11) is 1.34. The fourth-order valence-electron chi connectivity index (χ4n) is 4.79. The first kappa shape index (κ1) is 18.8. The van der Waals surface area contributed by atoms with E-state index in [2.05, 4.69) is 0 Å². The predicted octanol–water partition coefficient (Wildman–Crippen LogP) is 1.14. The smallest absolute Gasteiger partial charge is 0.369 e. The van der Waals surface area contributed by atoms with Crippen molar-refractivity contribution in [2.75, 3.05) is 13.7 Å². The molecule has 1 aromatic heterocycles. The molecule has 2 aromatic rings. The molecule has 2 aliphatic heterocycles. The summed E-state index contributed by atoms with van der Waals surface area (Å²) in [6.45, 7) is 2.10. The van der Waals surface area contributed by atoms with Gasteiger partial charge in [-0.05, 0) is 23.9 Å². The maximum Gasteiger partial charge on any atom is 0.369 e. The van der Waals surface area contributed by atoms with E-state index in [1.807, 2.05) is 53.2 Å². The molecule has 0 saturated carbocycles. The van der Waals surface area contributed by atoms with E-state index >= 15 is 0 Å². The Morgan fingerprint density at radius 2 is 1.93 bits per heavy atom. The summed E-state index contributed by atoms with van der Waals surface area (Å²) >= 11 is 1.54. The third-order valence-corrected chi connectivity index (χ3v) is 6.93. The SMILES string of the molecule is CCN1C(=O)[C@H]2[C@@H](C1=O)[C@](Cc1ccccc1)(C(=O)OC)[NH2+][C@H]2c1cccs1. The number of thiophene rings is 1. The summed E-state index contributed by atoms with van der Waals surface area (Å²) in [5, 5.41) is 3.86. The van der Waals surface area contributed by atoms with Crippen molar-refractivity contribution in [1.82, 2.24) is 4.90 Å². The van der Waals surface area contributed by atoms with Crippen molar-refractivity contribution in [3.8, 4) is 0 Å². The minimum Gasteiger partial charge on any atom is -0.464 e. The predicted molar refractivity (Wildman–Crippen MR) is 103 cm³/mol. The first-order valence-electron chi connectivity index (χ1n) is 9.40. The molecule has 6 nitrogen and oxygen atoms in total. The van der Waals surface area contributed by atoms with Crippen LogP contribution in [0, 0.1) is 11.8 Å². The van der Waals surface area contributed by atoms with Gasteiger partial charge in [-0.25, -0.2) is 4.79 Å². The zero-order valence-corrected chi connectivity index (χ0v) is 16.6. The summed E-state index contributed by atoms with van der Waals surface area (Å²) in [5.74, 6) is -2.21. The van der Waals surface area contributed by atoms with Crippen molar-refractivity contribution in [2.45, 2.75) is 24.9 Å². The number of hydrogen-bond acceptors (Lipinski definition) is 5. The zero-order valence-electron chi connectivity index (χ0n) is 15.8. The molecule has 4 rings (SSSR count). The number of carbonyl (C=O) groups excluding carboxylic acids is 3. The Bertz CT molecular complexity index is 898. The van der Waals surface area contributed by atoms with Crippen molar-refractivity contribution < 1.29 is 24.4 Å². The van der Waals surface area contributed by atoms with Gasteiger partial charge in [0.1, 0.15) is 17.9 Å². The molecule has 2 fully saturated rings. The van der Waals surface area contributed by atoms with Crippen molar-refractivity contribution in [3.05, 3.63) is 58.3 Å². The van der Waals surface area contributed by atoms with Crippen LogP contribution in [0.25, 0.3) is 0 Å². The second-order valence-electron chi connectivity index (χ2n) is 7.33. The molecule has 1 aromatic carbocycles. The minimum absolute atomic E-state index is 0.189. The third kappa shape index (κ3) is 2.69. The van der Waals surface area contributed by atoms with Crippen molar-refractivity contribution in [1.29, 1.82) is 0 Å². The molecule has 4 atom stereocenters. The van der Waals surface area contributed by atoms with Gasteiger partial charge in [-0.3, -0.25) is 14.5 Å². The standard InChI is InChI=1S/C21H22N2O4S/c1-3-23-18(24)15-16(19(23)25)21(20(26)27-2,12-13-8-5-4-6-9-13)22-17(15)14-10-7-11-28-14/h4-11,15-17,22H,3,12H2,1-2H3/p+1/t15-,16-,17-,21+/m0/s1. The largest absolute Gasteiger partial charge is 0.464 e. The van der Waals surface area contributed by atoms with E-state index in [0.29, 0.717) is 13.0 Å². The number of hydrogen-bond donors (Lipinski definition) is 1. The van der Waals surface area contributed by atoms with Gasteiger partial charge < -0.3 is 10.1 Å². The molecule has 3 heterocycles. The molecular weight excluding hydrogens is 376 g/mol. The lowest BCUT2D eigenvalue weighted by Crippen LogP contribution is -2.98. The molecule has 2 aliphatic rings. The Morgan fingerprint density at radius 1 is 1.18 bits per heavy atom. The topological polar surface area (TPSA) is 80.3 Å². The average Bonchev–Trinajstić information content (AvgIpc) is 3.40. The second-order valence-corrected chi connectivity index (χ2v) is 8.31. The van der Waals surface area contributed by atoms with Gasteiger partial charge in [0, 0.05) is 13.0 Å². The highest BCUT2D eigenvalue weighted by Gasteiger charge is 2.72. The maximum atomic E-state index is 13.3. The number of ether oxygens (including phenoxy) is 1. The van der Waals surface area contributed by atoms with Gasteiger partial charge in [-0.2, -0.15) is 0 Å². The van der Waals surface area contributed by atoms with E-state index in [9.17, 15) is 14.4 Å². The zero-order chi connectivity index (χ0) is 19.9. The number of methoxy groups -OCH3 is 1. The van der Waals surface area contributed by atoms with Crippen molar-refractivity contribution in [2.24, 2.45) is 11.8 Å². The number of rotatable bonds is 5. The normalized spacial score (nSPS) is 29.2. The van der Waals surface area contributed by atoms with Crippen molar-refractivity contribution >= 4 is 29.1 Å². The van der Waals surface area contributed by atoms with Gasteiger partial charge in [0.2, 0.25) is 17.4 Å². The molecule has 7 heteroatoms. The highest BCUT2D eigenvalue weighted by molar-refractivity contribution is 7.10. The number of benzene rings is 1. The van der Waals surface area contributed by atoms with Gasteiger partial charge in [0.15, 0.2) is 0 Å². The summed E-state index contributed by atoms with van der Waals surface area (Å²) in [6, 6.07) is 13.2.